The molecule has 33 heavy (non-hydrogen) atoms. The average Bonchev–Trinajstić information content (AvgIpc) is 2.78. The minimum Gasteiger partial charge on any atom is -0.480 e. The fourth-order valence-electron chi connectivity index (χ4n) is 3.99. The number of carbonyl (C=O) groups is 2. The lowest BCUT2D eigenvalue weighted by Gasteiger charge is -2.27. The number of hydrogen-bond donors (Lipinski definition) is 2. The number of aliphatic carboxylic acids is 1. The van der Waals surface area contributed by atoms with Gasteiger partial charge in [0, 0.05) is 24.3 Å². The summed E-state index contributed by atoms with van der Waals surface area (Å²) in [6, 6.07) is 17.2. The molecule has 170 valence electrons. The first-order valence-corrected chi connectivity index (χ1v) is 10.3. The summed E-state index contributed by atoms with van der Waals surface area (Å²) in [5.74, 6) is -1.53. The van der Waals surface area contributed by atoms with Gasteiger partial charge in [0.15, 0.2) is 0 Å². The SMILES string of the molecule is O=C(O)CN1CCc2cc(NC(=O)c3cc(C(F)(F)F)ccc3-c3ccccc3)ccc2C1. The fourth-order valence-corrected chi connectivity index (χ4v) is 3.99. The van der Waals surface area contributed by atoms with Crippen LogP contribution in [0, 0.1) is 0 Å². The quantitative estimate of drug-likeness (QED) is 0.565. The Morgan fingerprint density at radius 3 is 2.42 bits per heavy atom. The number of benzene rings is 3. The Morgan fingerprint density at radius 1 is 0.970 bits per heavy atom. The second-order valence-electron chi connectivity index (χ2n) is 7.92. The molecule has 8 heteroatoms. The minimum atomic E-state index is -4.57. The Hall–Kier alpha value is -3.65. The van der Waals surface area contributed by atoms with E-state index in [9.17, 15) is 22.8 Å². The normalized spacial score (nSPS) is 13.9. The molecule has 4 rings (SSSR count). The van der Waals surface area contributed by atoms with Crippen LogP contribution in [0.25, 0.3) is 11.1 Å². The molecule has 0 aliphatic carbocycles. The molecule has 0 saturated carbocycles. The maximum Gasteiger partial charge on any atom is 0.416 e. The highest BCUT2D eigenvalue weighted by molar-refractivity contribution is 6.09. The largest absolute Gasteiger partial charge is 0.480 e. The Kier molecular flexibility index (Phi) is 6.20. The van der Waals surface area contributed by atoms with E-state index in [1.165, 1.54) is 6.07 Å². The van der Waals surface area contributed by atoms with Crippen LogP contribution in [0.5, 0.6) is 0 Å². The number of rotatable bonds is 5. The van der Waals surface area contributed by atoms with Gasteiger partial charge >= 0.3 is 12.1 Å². The zero-order valence-electron chi connectivity index (χ0n) is 17.5. The van der Waals surface area contributed by atoms with E-state index in [1.807, 2.05) is 11.0 Å². The van der Waals surface area contributed by atoms with Crippen LogP contribution in [-0.2, 0) is 23.9 Å². The molecule has 0 aromatic heterocycles. The molecule has 5 nitrogen and oxygen atoms in total. The van der Waals surface area contributed by atoms with Crippen LogP contribution >= 0.6 is 0 Å². The number of carboxylic acid groups (broad SMARTS) is 1. The van der Waals surface area contributed by atoms with Crippen molar-refractivity contribution in [2.75, 3.05) is 18.4 Å². The lowest BCUT2D eigenvalue weighted by Crippen LogP contribution is -2.34. The van der Waals surface area contributed by atoms with Gasteiger partial charge in [0.1, 0.15) is 0 Å². The molecular formula is C25H21F3N2O3. The molecule has 1 heterocycles. The summed E-state index contributed by atoms with van der Waals surface area (Å²) in [6.07, 6.45) is -3.96. The first kappa shape index (κ1) is 22.5. The van der Waals surface area contributed by atoms with Crippen molar-refractivity contribution in [3.8, 4) is 11.1 Å². The number of nitrogens with zero attached hydrogens (tertiary/aromatic N) is 1. The van der Waals surface area contributed by atoms with Gasteiger partial charge in [-0.25, -0.2) is 0 Å². The first-order valence-electron chi connectivity index (χ1n) is 10.3. The molecule has 1 aliphatic heterocycles. The van der Waals surface area contributed by atoms with Crippen molar-refractivity contribution >= 4 is 17.6 Å². The Labute approximate surface area is 188 Å². The van der Waals surface area contributed by atoms with Crippen LogP contribution in [0.1, 0.15) is 27.0 Å². The summed E-state index contributed by atoms with van der Waals surface area (Å²) in [6.45, 7) is 1.01. The van der Waals surface area contributed by atoms with E-state index in [0.717, 1.165) is 23.3 Å². The highest BCUT2D eigenvalue weighted by Crippen LogP contribution is 2.34. The van der Waals surface area contributed by atoms with E-state index in [4.69, 9.17) is 5.11 Å². The number of carboxylic acids is 1. The van der Waals surface area contributed by atoms with E-state index < -0.39 is 23.6 Å². The highest BCUT2D eigenvalue weighted by atomic mass is 19.4. The molecule has 0 saturated heterocycles. The van der Waals surface area contributed by atoms with Gasteiger partial charge in [-0.15, -0.1) is 0 Å². The fraction of sp³-hybridized carbons (Fsp3) is 0.200. The van der Waals surface area contributed by atoms with Gasteiger partial charge in [-0.3, -0.25) is 14.5 Å². The van der Waals surface area contributed by atoms with Crippen LogP contribution in [0.15, 0.2) is 66.7 Å². The molecule has 0 fully saturated rings. The molecule has 0 bridgehead atoms. The number of hydrogen-bond acceptors (Lipinski definition) is 3. The topological polar surface area (TPSA) is 69.6 Å². The van der Waals surface area contributed by atoms with Gasteiger partial charge in [-0.05, 0) is 52.9 Å². The Balaban J connectivity index is 1.61. The van der Waals surface area contributed by atoms with Crippen LogP contribution in [-0.4, -0.2) is 35.0 Å². The van der Waals surface area contributed by atoms with Gasteiger partial charge in [0.2, 0.25) is 0 Å². The summed E-state index contributed by atoms with van der Waals surface area (Å²) < 4.78 is 40.0. The molecular weight excluding hydrogens is 433 g/mol. The van der Waals surface area contributed by atoms with Crippen molar-refractivity contribution in [3.05, 3.63) is 89.0 Å². The number of nitrogens with one attached hydrogen (secondary N) is 1. The van der Waals surface area contributed by atoms with Gasteiger partial charge in [-0.1, -0.05) is 42.5 Å². The summed E-state index contributed by atoms with van der Waals surface area (Å²) in [5, 5.41) is 11.7. The Morgan fingerprint density at radius 2 is 1.73 bits per heavy atom. The van der Waals surface area contributed by atoms with Crippen molar-refractivity contribution in [2.45, 2.75) is 19.1 Å². The molecule has 0 radical (unpaired) electrons. The maximum absolute atomic E-state index is 13.3. The van der Waals surface area contributed by atoms with E-state index in [0.29, 0.717) is 36.3 Å². The second kappa shape index (κ2) is 9.07. The second-order valence-corrected chi connectivity index (χ2v) is 7.92. The highest BCUT2D eigenvalue weighted by Gasteiger charge is 2.32. The summed E-state index contributed by atoms with van der Waals surface area (Å²) in [5.41, 5.74) is 2.49. The van der Waals surface area contributed by atoms with Gasteiger partial charge < -0.3 is 10.4 Å². The number of fused-ring (bicyclic) bond motifs is 1. The van der Waals surface area contributed by atoms with Crippen molar-refractivity contribution in [1.29, 1.82) is 0 Å². The van der Waals surface area contributed by atoms with Crippen LogP contribution in [0.2, 0.25) is 0 Å². The third-order valence-electron chi connectivity index (χ3n) is 5.59. The van der Waals surface area contributed by atoms with E-state index in [-0.39, 0.29) is 12.1 Å². The van der Waals surface area contributed by atoms with Crippen molar-refractivity contribution in [1.82, 2.24) is 4.90 Å². The van der Waals surface area contributed by atoms with Gasteiger partial charge in [0.05, 0.1) is 12.1 Å². The minimum absolute atomic E-state index is 0.0459. The average molecular weight is 454 g/mol. The molecule has 0 spiro atoms. The standard InChI is InChI=1S/C25H21F3N2O3/c26-25(27,28)19-7-9-21(16-4-2-1-3-5-16)22(13-19)24(33)29-20-8-6-18-14-30(15-23(31)32)11-10-17(18)12-20/h1-9,12-13H,10-11,14-15H2,(H,29,33)(H,31,32). The lowest BCUT2D eigenvalue weighted by atomic mass is 9.96. The van der Waals surface area contributed by atoms with E-state index >= 15 is 0 Å². The van der Waals surface area contributed by atoms with Gasteiger partial charge in [0.25, 0.3) is 5.91 Å². The van der Waals surface area contributed by atoms with E-state index in [1.54, 1.807) is 42.5 Å². The first-order chi connectivity index (χ1) is 15.7. The lowest BCUT2D eigenvalue weighted by molar-refractivity contribution is -0.139. The van der Waals surface area contributed by atoms with E-state index in [2.05, 4.69) is 5.32 Å². The molecule has 1 amide bonds. The monoisotopic (exact) mass is 454 g/mol. The number of alkyl halides is 3. The van der Waals surface area contributed by atoms with Crippen LogP contribution in [0.3, 0.4) is 0 Å². The molecule has 3 aromatic rings. The van der Waals surface area contributed by atoms with Crippen LogP contribution < -0.4 is 5.32 Å². The van der Waals surface area contributed by atoms with Crippen molar-refractivity contribution < 1.29 is 27.9 Å². The molecule has 3 aromatic carbocycles. The smallest absolute Gasteiger partial charge is 0.416 e. The van der Waals surface area contributed by atoms with Crippen LogP contribution in [0.4, 0.5) is 18.9 Å². The molecule has 0 unspecified atom stereocenters. The molecule has 2 N–H and O–H groups in total. The predicted octanol–water partition coefficient (Wildman–Crippen LogP) is 5.07. The third kappa shape index (κ3) is 5.23. The van der Waals surface area contributed by atoms with Crippen molar-refractivity contribution in [2.24, 2.45) is 0 Å². The number of anilines is 1. The summed E-state index contributed by atoms with van der Waals surface area (Å²) >= 11 is 0. The Bertz CT molecular complexity index is 1190. The number of amides is 1. The molecule has 0 atom stereocenters. The predicted molar refractivity (Wildman–Crippen MR) is 118 cm³/mol. The zero-order chi connectivity index (χ0) is 23.6. The van der Waals surface area contributed by atoms with Crippen molar-refractivity contribution in [3.63, 3.8) is 0 Å². The zero-order valence-corrected chi connectivity index (χ0v) is 17.5. The number of carbonyl (C=O) groups excluding carboxylic acids is 1. The summed E-state index contributed by atoms with van der Waals surface area (Å²) in [4.78, 5) is 25.8. The number of halogens is 3. The summed E-state index contributed by atoms with van der Waals surface area (Å²) in [7, 11) is 0. The van der Waals surface area contributed by atoms with Gasteiger partial charge in [-0.2, -0.15) is 13.2 Å². The maximum atomic E-state index is 13.3. The third-order valence-corrected chi connectivity index (χ3v) is 5.59. The molecule has 1 aliphatic rings.